The van der Waals surface area contributed by atoms with E-state index < -0.39 is 16.1 Å². The molecular weight excluding hydrogens is 264 g/mol. The quantitative estimate of drug-likeness (QED) is 0.872. The summed E-state index contributed by atoms with van der Waals surface area (Å²) in [6, 6.07) is 6.09. The molecule has 2 aromatic heterocycles. The van der Waals surface area contributed by atoms with Gasteiger partial charge in [0.25, 0.3) is 0 Å². The zero-order chi connectivity index (χ0) is 13.9. The van der Waals surface area contributed by atoms with Crippen LogP contribution in [0.25, 0.3) is 0 Å². The Balaban J connectivity index is 2.26. The average molecular weight is 278 g/mol. The van der Waals surface area contributed by atoms with E-state index in [9.17, 15) is 8.42 Å². The van der Waals surface area contributed by atoms with Crippen LogP contribution < -0.4 is 10.5 Å². The van der Waals surface area contributed by atoms with Crippen molar-refractivity contribution in [3.05, 3.63) is 48.4 Å². The summed E-state index contributed by atoms with van der Waals surface area (Å²) in [6.45, 7) is 1.74. The molecule has 0 saturated heterocycles. The molecule has 0 amide bonds. The van der Waals surface area contributed by atoms with E-state index in [0.717, 1.165) is 5.56 Å². The number of nitrogens with two attached hydrogens (primary N) is 1. The number of rotatable bonds is 4. The Kier molecular flexibility index (Phi) is 3.77. The molecule has 0 aliphatic rings. The molecule has 19 heavy (non-hydrogen) atoms. The van der Waals surface area contributed by atoms with E-state index >= 15 is 0 Å². The van der Waals surface area contributed by atoms with Crippen LogP contribution in [0.4, 0.5) is 5.82 Å². The maximum absolute atomic E-state index is 12.2. The molecule has 0 spiro atoms. The van der Waals surface area contributed by atoms with Gasteiger partial charge in [-0.3, -0.25) is 4.98 Å². The Labute approximate surface area is 111 Å². The van der Waals surface area contributed by atoms with Crippen molar-refractivity contribution in [2.24, 2.45) is 0 Å². The number of aromatic nitrogens is 2. The van der Waals surface area contributed by atoms with Gasteiger partial charge in [0.05, 0.1) is 0 Å². The Morgan fingerprint density at radius 3 is 2.63 bits per heavy atom. The Morgan fingerprint density at radius 2 is 2.00 bits per heavy atom. The molecule has 6 nitrogen and oxygen atoms in total. The van der Waals surface area contributed by atoms with Crippen molar-refractivity contribution in [3.63, 3.8) is 0 Å². The fourth-order valence-electron chi connectivity index (χ4n) is 1.63. The normalized spacial score (nSPS) is 13.1. The molecule has 3 N–H and O–H groups in total. The summed E-state index contributed by atoms with van der Waals surface area (Å²) in [7, 11) is -3.70. The van der Waals surface area contributed by atoms with E-state index in [4.69, 9.17) is 5.73 Å². The van der Waals surface area contributed by atoms with E-state index in [1.54, 1.807) is 31.5 Å². The lowest BCUT2D eigenvalue weighted by molar-refractivity contribution is 0.566. The highest BCUT2D eigenvalue weighted by molar-refractivity contribution is 7.89. The number of nitrogens with one attached hydrogen (secondary N) is 1. The van der Waals surface area contributed by atoms with Crippen molar-refractivity contribution >= 4 is 15.8 Å². The third kappa shape index (κ3) is 3.07. The van der Waals surface area contributed by atoms with Crippen LogP contribution in [0.5, 0.6) is 0 Å². The van der Waals surface area contributed by atoms with Gasteiger partial charge in [-0.05, 0) is 30.7 Å². The predicted octanol–water partition coefficient (Wildman–Crippen LogP) is 1.10. The summed E-state index contributed by atoms with van der Waals surface area (Å²) in [5.74, 6) is -0.0200. The first-order valence-corrected chi connectivity index (χ1v) is 7.12. The van der Waals surface area contributed by atoms with Gasteiger partial charge in [0.15, 0.2) is 0 Å². The van der Waals surface area contributed by atoms with Crippen LogP contribution in [-0.4, -0.2) is 18.4 Å². The zero-order valence-corrected chi connectivity index (χ0v) is 11.1. The molecule has 2 rings (SSSR count). The fraction of sp³-hybridized carbons (Fsp3) is 0.167. The van der Waals surface area contributed by atoms with Gasteiger partial charge >= 0.3 is 0 Å². The number of nitrogen functional groups attached to an aromatic ring is 1. The molecule has 0 bridgehead atoms. The summed E-state index contributed by atoms with van der Waals surface area (Å²) in [5.41, 5.74) is 6.35. The first-order valence-electron chi connectivity index (χ1n) is 5.63. The summed E-state index contributed by atoms with van der Waals surface area (Å²) in [6.07, 6.45) is 4.68. The Morgan fingerprint density at radius 1 is 1.26 bits per heavy atom. The zero-order valence-electron chi connectivity index (χ0n) is 10.3. The topological polar surface area (TPSA) is 98.0 Å². The van der Waals surface area contributed by atoms with Crippen molar-refractivity contribution in [1.82, 2.24) is 14.7 Å². The van der Waals surface area contributed by atoms with Gasteiger partial charge in [0, 0.05) is 24.6 Å². The van der Waals surface area contributed by atoms with Crippen molar-refractivity contribution in [2.45, 2.75) is 17.9 Å². The van der Waals surface area contributed by atoms with Crippen LogP contribution in [0.2, 0.25) is 0 Å². The number of nitrogens with zero attached hydrogens (tertiary/aromatic N) is 2. The first-order chi connectivity index (χ1) is 9.00. The molecule has 2 aromatic rings. The SMILES string of the molecule is CC(NS(=O)(=O)c1cccnc1N)c1cccnc1. The molecule has 7 heteroatoms. The van der Waals surface area contributed by atoms with Gasteiger partial charge in [-0.2, -0.15) is 0 Å². The third-order valence-corrected chi connectivity index (χ3v) is 4.19. The maximum atomic E-state index is 12.2. The van der Waals surface area contributed by atoms with E-state index in [1.165, 1.54) is 18.3 Å². The average Bonchev–Trinajstić information content (AvgIpc) is 2.39. The predicted molar refractivity (Wildman–Crippen MR) is 71.6 cm³/mol. The standard InChI is InChI=1S/C12H14N4O2S/c1-9(10-4-2-6-14-8-10)16-19(17,18)11-5-3-7-15-12(11)13/h2-9,16H,1H3,(H2,13,15). The van der Waals surface area contributed by atoms with Crippen molar-refractivity contribution in [2.75, 3.05) is 5.73 Å². The molecule has 0 aliphatic heterocycles. The lowest BCUT2D eigenvalue weighted by Crippen LogP contribution is -2.27. The highest BCUT2D eigenvalue weighted by Crippen LogP contribution is 2.18. The van der Waals surface area contributed by atoms with E-state index in [2.05, 4.69) is 14.7 Å². The van der Waals surface area contributed by atoms with Crippen LogP contribution >= 0.6 is 0 Å². The van der Waals surface area contributed by atoms with E-state index in [0.29, 0.717) is 0 Å². The lowest BCUT2D eigenvalue weighted by Gasteiger charge is -2.14. The highest BCUT2D eigenvalue weighted by atomic mass is 32.2. The van der Waals surface area contributed by atoms with Crippen LogP contribution in [0.3, 0.4) is 0 Å². The van der Waals surface area contributed by atoms with E-state index in [1.807, 2.05) is 0 Å². The van der Waals surface area contributed by atoms with Gasteiger partial charge in [0.1, 0.15) is 10.7 Å². The molecule has 2 heterocycles. The number of anilines is 1. The molecule has 0 aromatic carbocycles. The summed E-state index contributed by atoms with van der Waals surface area (Å²) in [5, 5.41) is 0. The second-order valence-electron chi connectivity index (χ2n) is 4.02. The first kappa shape index (κ1) is 13.4. The largest absolute Gasteiger partial charge is 0.383 e. The van der Waals surface area contributed by atoms with Gasteiger partial charge in [-0.15, -0.1) is 0 Å². The van der Waals surface area contributed by atoms with Crippen LogP contribution in [0.1, 0.15) is 18.5 Å². The summed E-state index contributed by atoms with van der Waals surface area (Å²) in [4.78, 5) is 7.70. The monoisotopic (exact) mass is 278 g/mol. The minimum atomic E-state index is -3.70. The van der Waals surface area contributed by atoms with Crippen LogP contribution in [-0.2, 0) is 10.0 Å². The molecule has 1 atom stereocenters. The second kappa shape index (κ2) is 5.33. The smallest absolute Gasteiger partial charge is 0.244 e. The highest BCUT2D eigenvalue weighted by Gasteiger charge is 2.21. The molecule has 0 aliphatic carbocycles. The maximum Gasteiger partial charge on any atom is 0.244 e. The fourth-order valence-corrected chi connectivity index (χ4v) is 2.94. The van der Waals surface area contributed by atoms with E-state index in [-0.39, 0.29) is 10.7 Å². The second-order valence-corrected chi connectivity index (χ2v) is 5.70. The van der Waals surface area contributed by atoms with Gasteiger partial charge < -0.3 is 5.73 Å². The van der Waals surface area contributed by atoms with Crippen molar-refractivity contribution in [1.29, 1.82) is 0 Å². The molecule has 0 radical (unpaired) electrons. The molecular formula is C12H14N4O2S. The van der Waals surface area contributed by atoms with Gasteiger partial charge in [-0.1, -0.05) is 6.07 Å². The lowest BCUT2D eigenvalue weighted by atomic mass is 10.2. The summed E-state index contributed by atoms with van der Waals surface area (Å²) < 4.78 is 26.9. The van der Waals surface area contributed by atoms with Crippen LogP contribution in [0.15, 0.2) is 47.8 Å². The number of hydrogen-bond acceptors (Lipinski definition) is 5. The van der Waals surface area contributed by atoms with Crippen molar-refractivity contribution in [3.8, 4) is 0 Å². The Bertz CT molecular complexity index is 658. The van der Waals surface area contributed by atoms with Gasteiger partial charge in [0.2, 0.25) is 10.0 Å². The number of sulfonamides is 1. The minimum Gasteiger partial charge on any atom is -0.383 e. The minimum absolute atomic E-state index is 0.0200. The molecule has 1 unspecified atom stereocenters. The molecule has 0 fully saturated rings. The summed E-state index contributed by atoms with van der Waals surface area (Å²) >= 11 is 0. The van der Waals surface area contributed by atoms with Gasteiger partial charge in [-0.25, -0.2) is 18.1 Å². The third-order valence-electron chi connectivity index (χ3n) is 2.61. The molecule has 0 saturated carbocycles. The Hall–Kier alpha value is -1.99. The van der Waals surface area contributed by atoms with Crippen molar-refractivity contribution < 1.29 is 8.42 Å². The van der Waals surface area contributed by atoms with Crippen LogP contribution in [0, 0.1) is 0 Å². The molecule has 100 valence electrons. The number of hydrogen-bond donors (Lipinski definition) is 2. The number of pyridine rings is 2.